The molecule has 1 saturated heterocycles. The number of rotatable bonds is 0. The normalized spacial score (nSPS) is 48.0. The van der Waals surface area contributed by atoms with E-state index in [9.17, 15) is 0 Å². The summed E-state index contributed by atoms with van der Waals surface area (Å²) < 4.78 is 0. The smallest absolute Gasteiger partial charge is 0.0426 e. The fourth-order valence-corrected chi connectivity index (χ4v) is 2.77. The first-order valence-corrected chi connectivity index (χ1v) is 5.31. The maximum absolute atomic E-state index is 3.37. The van der Waals surface area contributed by atoms with E-state index >= 15 is 0 Å². The van der Waals surface area contributed by atoms with E-state index in [4.69, 9.17) is 0 Å². The molecule has 0 amide bonds. The monoisotopic (exact) mass is 183 g/mol. The molecular weight excluding hydrogens is 162 g/mol. The summed E-state index contributed by atoms with van der Waals surface area (Å²) >= 11 is 0. The van der Waals surface area contributed by atoms with Gasteiger partial charge >= 0.3 is 0 Å². The molecule has 0 aromatic rings. The highest BCUT2D eigenvalue weighted by atomic mass is 15.8. The number of hydrogen-bond donors (Lipinski definition) is 1. The van der Waals surface area contributed by atoms with Crippen molar-refractivity contribution in [3.05, 3.63) is 0 Å². The van der Waals surface area contributed by atoms with Gasteiger partial charge in [-0.25, -0.2) is 10.0 Å². The number of hydrazine groups is 2. The second-order valence-electron chi connectivity index (χ2n) is 4.88. The maximum Gasteiger partial charge on any atom is 0.0426 e. The van der Waals surface area contributed by atoms with Crippen LogP contribution in [0.25, 0.3) is 0 Å². The van der Waals surface area contributed by atoms with Gasteiger partial charge in [0.1, 0.15) is 0 Å². The number of hydrogen-bond acceptors (Lipinski definition) is 3. The van der Waals surface area contributed by atoms with Crippen LogP contribution in [0.5, 0.6) is 0 Å². The van der Waals surface area contributed by atoms with Crippen LogP contribution in [0, 0.1) is 11.8 Å². The van der Waals surface area contributed by atoms with E-state index in [1.54, 1.807) is 0 Å². The van der Waals surface area contributed by atoms with Crippen LogP contribution in [0.2, 0.25) is 0 Å². The average molecular weight is 183 g/mol. The standard InChI is InChI=1S/C10H21N3/c1-7-5-9-10(6-8(7)2)13(4)11-12(9)3/h7-11H,5-6H2,1-4H3. The van der Waals surface area contributed by atoms with E-state index in [1.165, 1.54) is 12.8 Å². The van der Waals surface area contributed by atoms with Gasteiger partial charge < -0.3 is 0 Å². The molecule has 0 spiro atoms. The van der Waals surface area contributed by atoms with Crippen molar-refractivity contribution in [2.75, 3.05) is 14.1 Å². The second-order valence-corrected chi connectivity index (χ2v) is 4.88. The molecule has 3 nitrogen and oxygen atoms in total. The van der Waals surface area contributed by atoms with Gasteiger partial charge in [0.15, 0.2) is 0 Å². The highest BCUT2D eigenvalue weighted by Crippen LogP contribution is 2.35. The Balaban J connectivity index is 2.10. The highest BCUT2D eigenvalue weighted by molar-refractivity contribution is 4.93. The highest BCUT2D eigenvalue weighted by Gasteiger charge is 2.42. The predicted octanol–water partition coefficient (Wildman–Crippen LogP) is 1.09. The molecule has 2 aliphatic rings. The molecule has 0 aromatic heterocycles. The molecule has 76 valence electrons. The van der Waals surface area contributed by atoms with Gasteiger partial charge in [0, 0.05) is 26.2 Å². The molecule has 1 heterocycles. The number of nitrogens with zero attached hydrogens (tertiary/aromatic N) is 2. The average Bonchev–Trinajstić information content (AvgIpc) is 2.31. The topological polar surface area (TPSA) is 18.5 Å². The van der Waals surface area contributed by atoms with Crippen LogP contribution in [0.1, 0.15) is 26.7 Å². The van der Waals surface area contributed by atoms with Crippen molar-refractivity contribution in [2.45, 2.75) is 38.8 Å². The Labute approximate surface area is 81.0 Å². The van der Waals surface area contributed by atoms with E-state index in [0.29, 0.717) is 0 Å². The number of fused-ring (bicyclic) bond motifs is 1. The summed E-state index contributed by atoms with van der Waals surface area (Å²) in [6.07, 6.45) is 2.67. The largest absolute Gasteiger partial charge is 0.229 e. The quantitative estimate of drug-likeness (QED) is 0.606. The molecule has 2 fully saturated rings. The molecule has 0 radical (unpaired) electrons. The van der Waals surface area contributed by atoms with Gasteiger partial charge in [-0.2, -0.15) is 5.53 Å². The molecular formula is C10H21N3. The summed E-state index contributed by atoms with van der Waals surface area (Å²) in [4.78, 5) is 0. The third-order valence-electron chi connectivity index (χ3n) is 3.95. The first kappa shape index (κ1) is 9.44. The van der Waals surface area contributed by atoms with Crippen LogP contribution in [0.15, 0.2) is 0 Å². The molecule has 1 aliphatic heterocycles. The van der Waals surface area contributed by atoms with Crippen molar-refractivity contribution < 1.29 is 0 Å². The Morgan fingerprint density at radius 3 is 1.69 bits per heavy atom. The molecule has 1 saturated carbocycles. The van der Waals surface area contributed by atoms with Crippen molar-refractivity contribution in [3.63, 3.8) is 0 Å². The lowest BCUT2D eigenvalue weighted by atomic mass is 9.76. The zero-order valence-corrected chi connectivity index (χ0v) is 9.12. The third-order valence-corrected chi connectivity index (χ3v) is 3.95. The van der Waals surface area contributed by atoms with Crippen molar-refractivity contribution >= 4 is 0 Å². The van der Waals surface area contributed by atoms with Crippen LogP contribution >= 0.6 is 0 Å². The molecule has 13 heavy (non-hydrogen) atoms. The molecule has 1 aliphatic carbocycles. The summed E-state index contributed by atoms with van der Waals surface area (Å²) in [5.41, 5.74) is 3.37. The van der Waals surface area contributed by atoms with E-state index in [-0.39, 0.29) is 0 Å². The number of likely N-dealkylation sites (N-methyl/N-ethyl adjacent to an activating group) is 2. The van der Waals surface area contributed by atoms with Crippen molar-refractivity contribution in [1.82, 2.24) is 15.6 Å². The van der Waals surface area contributed by atoms with Gasteiger partial charge in [-0.15, -0.1) is 0 Å². The Hall–Kier alpha value is -0.120. The Morgan fingerprint density at radius 2 is 1.31 bits per heavy atom. The van der Waals surface area contributed by atoms with Crippen molar-refractivity contribution in [2.24, 2.45) is 11.8 Å². The summed E-state index contributed by atoms with van der Waals surface area (Å²) in [6, 6.07) is 1.44. The molecule has 0 bridgehead atoms. The summed E-state index contributed by atoms with van der Waals surface area (Å²) in [5.74, 6) is 1.74. The van der Waals surface area contributed by atoms with Crippen molar-refractivity contribution in [3.8, 4) is 0 Å². The Bertz CT molecular complexity index is 175. The van der Waals surface area contributed by atoms with Gasteiger partial charge in [-0.05, 0) is 24.7 Å². The summed E-state index contributed by atoms with van der Waals surface area (Å²) in [7, 11) is 4.31. The van der Waals surface area contributed by atoms with Gasteiger partial charge in [0.2, 0.25) is 0 Å². The Morgan fingerprint density at radius 1 is 0.923 bits per heavy atom. The van der Waals surface area contributed by atoms with E-state index in [2.05, 4.69) is 43.5 Å². The maximum atomic E-state index is 3.37. The minimum absolute atomic E-state index is 0.719. The van der Waals surface area contributed by atoms with E-state index in [1.807, 2.05) is 0 Å². The second kappa shape index (κ2) is 3.23. The van der Waals surface area contributed by atoms with Crippen LogP contribution in [-0.4, -0.2) is 36.2 Å². The van der Waals surface area contributed by atoms with Crippen LogP contribution in [-0.2, 0) is 0 Å². The Kier molecular flexibility index (Phi) is 2.34. The lowest BCUT2D eigenvalue weighted by Gasteiger charge is -2.36. The zero-order chi connectivity index (χ0) is 9.59. The fraction of sp³-hybridized carbons (Fsp3) is 1.00. The molecule has 4 atom stereocenters. The summed E-state index contributed by atoms with van der Waals surface area (Å²) in [5, 5.41) is 4.54. The van der Waals surface area contributed by atoms with Gasteiger partial charge in [0.25, 0.3) is 0 Å². The minimum Gasteiger partial charge on any atom is -0.229 e. The van der Waals surface area contributed by atoms with Crippen LogP contribution in [0.3, 0.4) is 0 Å². The lowest BCUT2D eigenvalue weighted by molar-refractivity contribution is 0.143. The molecule has 2 rings (SSSR count). The minimum atomic E-state index is 0.719. The van der Waals surface area contributed by atoms with Crippen LogP contribution < -0.4 is 5.53 Å². The zero-order valence-electron chi connectivity index (χ0n) is 9.12. The first-order valence-electron chi connectivity index (χ1n) is 5.31. The lowest BCUT2D eigenvalue weighted by Crippen LogP contribution is -2.43. The summed E-state index contributed by atoms with van der Waals surface area (Å²) in [6.45, 7) is 4.76. The van der Waals surface area contributed by atoms with Crippen LogP contribution in [0.4, 0.5) is 0 Å². The first-order chi connectivity index (χ1) is 6.09. The van der Waals surface area contributed by atoms with Crippen molar-refractivity contribution in [1.29, 1.82) is 0 Å². The van der Waals surface area contributed by atoms with E-state index < -0.39 is 0 Å². The molecule has 1 N–H and O–H groups in total. The SMILES string of the molecule is CC1CC2C(CC1C)N(C)NN2C. The molecule has 3 heteroatoms. The van der Waals surface area contributed by atoms with E-state index in [0.717, 1.165) is 23.9 Å². The molecule has 0 aromatic carbocycles. The third kappa shape index (κ3) is 1.49. The predicted molar refractivity (Wildman–Crippen MR) is 53.8 cm³/mol. The number of nitrogens with one attached hydrogen (secondary N) is 1. The molecule has 4 unspecified atom stereocenters. The van der Waals surface area contributed by atoms with Gasteiger partial charge in [0.05, 0.1) is 0 Å². The fourth-order valence-electron chi connectivity index (χ4n) is 2.77. The van der Waals surface area contributed by atoms with Gasteiger partial charge in [-0.1, -0.05) is 13.8 Å². The van der Waals surface area contributed by atoms with Gasteiger partial charge in [-0.3, -0.25) is 0 Å².